The molecule has 3 heteroatoms. The molecule has 0 aliphatic heterocycles. The van der Waals surface area contributed by atoms with Gasteiger partial charge in [-0.25, -0.2) is 0 Å². The Kier molecular flexibility index (Phi) is 4.35. The molecule has 0 fully saturated rings. The minimum absolute atomic E-state index is 0.556. The third-order valence-electron chi connectivity index (χ3n) is 2.54. The number of carboxylic acids is 1. The van der Waals surface area contributed by atoms with E-state index in [-0.39, 0.29) is 0 Å². The number of carbonyl (C=O) groups is 1. The third kappa shape index (κ3) is 3.93. The molecule has 0 heterocycles. The van der Waals surface area contributed by atoms with Crippen LogP contribution in [0.25, 0.3) is 0 Å². The van der Waals surface area contributed by atoms with Gasteiger partial charge in [-0.2, -0.15) is 0 Å². The number of carboxylic acid groups (broad SMARTS) is 1. The smallest absolute Gasteiger partial charge is 0.309 e. The molecular formula is C13H18O3. The van der Waals surface area contributed by atoms with Gasteiger partial charge in [0.2, 0.25) is 0 Å². The Morgan fingerprint density at radius 2 is 1.94 bits per heavy atom. The lowest BCUT2D eigenvalue weighted by Crippen LogP contribution is -2.24. The summed E-state index contributed by atoms with van der Waals surface area (Å²) in [5.41, 5.74) is -0.667. The van der Waals surface area contributed by atoms with Gasteiger partial charge in [0.05, 0.1) is 12.0 Å². The molecular weight excluding hydrogens is 204 g/mol. The molecule has 1 rings (SSSR count). The standard InChI is InChI=1S/C13H18O3/c1-13(2,12(14)15)9-6-10-16-11-7-4-3-5-8-11/h3-5,7-8H,6,9-10H2,1-2H3,(H,14,15). The molecule has 0 saturated carbocycles. The Labute approximate surface area is 96.1 Å². The molecule has 0 radical (unpaired) electrons. The van der Waals surface area contributed by atoms with Gasteiger partial charge in [0.25, 0.3) is 0 Å². The number of rotatable bonds is 6. The van der Waals surface area contributed by atoms with Gasteiger partial charge < -0.3 is 9.84 Å². The van der Waals surface area contributed by atoms with Crippen LogP contribution in [0, 0.1) is 5.41 Å². The van der Waals surface area contributed by atoms with E-state index in [0.717, 1.165) is 12.2 Å². The summed E-state index contributed by atoms with van der Waals surface area (Å²) < 4.78 is 5.49. The van der Waals surface area contributed by atoms with Crippen LogP contribution in [0.4, 0.5) is 0 Å². The van der Waals surface area contributed by atoms with Crippen LogP contribution in [0.3, 0.4) is 0 Å². The van der Waals surface area contributed by atoms with Gasteiger partial charge >= 0.3 is 5.97 Å². The Morgan fingerprint density at radius 3 is 2.50 bits per heavy atom. The summed E-state index contributed by atoms with van der Waals surface area (Å²) in [4.78, 5) is 10.8. The van der Waals surface area contributed by atoms with Crippen LogP contribution in [0.15, 0.2) is 30.3 Å². The Morgan fingerprint density at radius 1 is 1.31 bits per heavy atom. The lowest BCUT2D eigenvalue weighted by Gasteiger charge is -2.18. The average Bonchev–Trinajstić information content (AvgIpc) is 2.26. The molecule has 0 aliphatic carbocycles. The maximum absolute atomic E-state index is 10.8. The molecule has 0 aliphatic rings. The number of aliphatic carboxylic acids is 1. The Hall–Kier alpha value is -1.51. The van der Waals surface area contributed by atoms with E-state index in [9.17, 15) is 4.79 Å². The largest absolute Gasteiger partial charge is 0.494 e. The van der Waals surface area contributed by atoms with Crippen LogP contribution in [-0.4, -0.2) is 17.7 Å². The van der Waals surface area contributed by atoms with Crippen LogP contribution in [-0.2, 0) is 4.79 Å². The van der Waals surface area contributed by atoms with Gasteiger partial charge in [0, 0.05) is 0 Å². The zero-order chi connectivity index (χ0) is 12.0. The Bertz CT molecular complexity index is 330. The minimum atomic E-state index is -0.757. The van der Waals surface area contributed by atoms with Crippen molar-refractivity contribution in [3.63, 3.8) is 0 Å². The van der Waals surface area contributed by atoms with Crippen LogP contribution in [0.2, 0.25) is 0 Å². The maximum atomic E-state index is 10.8. The van der Waals surface area contributed by atoms with Crippen LogP contribution in [0.5, 0.6) is 5.75 Å². The van der Waals surface area contributed by atoms with Crippen molar-refractivity contribution in [1.82, 2.24) is 0 Å². The second-order valence-electron chi connectivity index (χ2n) is 4.45. The maximum Gasteiger partial charge on any atom is 0.309 e. The summed E-state index contributed by atoms with van der Waals surface area (Å²) in [7, 11) is 0. The fourth-order valence-corrected chi connectivity index (χ4v) is 1.33. The molecule has 3 nitrogen and oxygen atoms in total. The molecule has 1 aromatic carbocycles. The predicted octanol–water partition coefficient (Wildman–Crippen LogP) is 2.96. The van der Waals surface area contributed by atoms with Gasteiger partial charge in [0.1, 0.15) is 5.75 Å². The zero-order valence-corrected chi connectivity index (χ0v) is 9.77. The van der Waals surface area contributed by atoms with Crippen LogP contribution < -0.4 is 4.74 Å². The summed E-state index contributed by atoms with van der Waals surface area (Å²) in [5.74, 6) is 0.0721. The molecule has 0 bridgehead atoms. The number of benzene rings is 1. The summed E-state index contributed by atoms with van der Waals surface area (Å²) >= 11 is 0. The van der Waals surface area contributed by atoms with E-state index < -0.39 is 11.4 Å². The fourth-order valence-electron chi connectivity index (χ4n) is 1.33. The molecule has 0 amide bonds. The second kappa shape index (κ2) is 5.54. The topological polar surface area (TPSA) is 46.5 Å². The normalized spacial score (nSPS) is 11.1. The second-order valence-corrected chi connectivity index (χ2v) is 4.45. The highest BCUT2D eigenvalue weighted by atomic mass is 16.5. The monoisotopic (exact) mass is 222 g/mol. The van der Waals surface area contributed by atoms with Crippen molar-refractivity contribution in [1.29, 1.82) is 0 Å². The van der Waals surface area contributed by atoms with E-state index in [1.165, 1.54) is 0 Å². The number of hydrogen-bond donors (Lipinski definition) is 1. The first-order chi connectivity index (χ1) is 7.52. The van der Waals surface area contributed by atoms with Crippen molar-refractivity contribution < 1.29 is 14.6 Å². The van der Waals surface area contributed by atoms with Crippen LogP contribution >= 0.6 is 0 Å². The number of hydrogen-bond acceptors (Lipinski definition) is 2. The van der Waals surface area contributed by atoms with Crippen molar-refractivity contribution in [2.45, 2.75) is 26.7 Å². The van der Waals surface area contributed by atoms with E-state index >= 15 is 0 Å². The zero-order valence-electron chi connectivity index (χ0n) is 9.77. The minimum Gasteiger partial charge on any atom is -0.494 e. The third-order valence-corrected chi connectivity index (χ3v) is 2.54. The average molecular weight is 222 g/mol. The number of ether oxygens (including phenoxy) is 1. The van der Waals surface area contributed by atoms with Gasteiger partial charge in [0.15, 0.2) is 0 Å². The van der Waals surface area contributed by atoms with Gasteiger partial charge in [-0.3, -0.25) is 4.79 Å². The molecule has 1 aromatic rings. The SMILES string of the molecule is CC(C)(CCCOc1ccccc1)C(=O)O. The van der Waals surface area contributed by atoms with Crippen molar-refractivity contribution in [2.75, 3.05) is 6.61 Å². The summed E-state index contributed by atoms with van der Waals surface area (Å²) in [6.07, 6.45) is 1.36. The van der Waals surface area contributed by atoms with E-state index in [2.05, 4.69) is 0 Å². The highest BCUT2D eigenvalue weighted by Crippen LogP contribution is 2.22. The molecule has 0 saturated heterocycles. The van der Waals surface area contributed by atoms with E-state index in [1.807, 2.05) is 30.3 Å². The molecule has 0 atom stereocenters. The fraction of sp³-hybridized carbons (Fsp3) is 0.462. The molecule has 16 heavy (non-hydrogen) atoms. The summed E-state index contributed by atoms with van der Waals surface area (Å²) in [6.45, 7) is 4.02. The number of para-hydroxylation sites is 1. The van der Waals surface area contributed by atoms with Gasteiger partial charge in [-0.15, -0.1) is 0 Å². The first-order valence-electron chi connectivity index (χ1n) is 5.43. The molecule has 88 valence electrons. The molecule has 0 spiro atoms. The first kappa shape index (κ1) is 12.6. The highest BCUT2D eigenvalue weighted by molar-refractivity contribution is 5.73. The van der Waals surface area contributed by atoms with Crippen molar-refractivity contribution in [2.24, 2.45) is 5.41 Å². The highest BCUT2D eigenvalue weighted by Gasteiger charge is 2.26. The lowest BCUT2D eigenvalue weighted by molar-refractivity contribution is -0.147. The first-order valence-corrected chi connectivity index (χ1v) is 5.43. The van der Waals surface area contributed by atoms with E-state index in [0.29, 0.717) is 13.0 Å². The van der Waals surface area contributed by atoms with E-state index in [1.54, 1.807) is 13.8 Å². The summed E-state index contributed by atoms with van der Waals surface area (Å²) in [5, 5.41) is 8.92. The molecule has 0 aromatic heterocycles. The van der Waals surface area contributed by atoms with Crippen molar-refractivity contribution in [3.05, 3.63) is 30.3 Å². The molecule has 1 N–H and O–H groups in total. The van der Waals surface area contributed by atoms with Crippen LogP contribution in [0.1, 0.15) is 26.7 Å². The van der Waals surface area contributed by atoms with Gasteiger partial charge in [-0.05, 0) is 38.8 Å². The Balaban J connectivity index is 2.25. The lowest BCUT2D eigenvalue weighted by atomic mass is 9.88. The molecule has 0 unspecified atom stereocenters. The van der Waals surface area contributed by atoms with Gasteiger partial charge in [-0.1, -0.05) is 18.2 Å². The quantitative estimate of drug-likeness (QED) is 0.753. The van der Waals surface area contributed by atoms with Crippen molar-refractivity contribution in [3.8, 4) is 5.75 Å². The van der Waals surface area contributed by atoms with Crippen molar-refractivity contribution >= 4 is 5.97 Å². The predicted molar refractivity (Wildman–Crippen MR) is 62.6 cm³/mol. The van der Waals surface area contributed by atoms with E-state index in [4.69, 9.17) is 9.84 Å². The summed E-state index contributed by atoms with van der Waals surface area (Å²) in [6, 6.07) is 9.54.